The normalized spacial score (nSPS) is 14.0. The van der Waals surface area contributed by atoms with Gasteiger partial charge in [0, 0.05) is 7.11 Å². The number of Topliss-reactive ketones (excluding diaryl/α,β-unsaturated/α-hetero) is 2. The molecule has 18 heavy (non-hydrogen) atoms. The third-order valence-electron chi connectivity index (χ3n) is 2.58. The van der Waals surface area contributed by atoms with Gasteiger partial charge in [-0.25, -0.2) is 0 Å². The molecule has 1 aliphatic rings. The van der Waals surface area contributed by atoms with E-state index in [-0.39, 0.29) is 29.5 Å². The first kappa shape index (κ1) is 12.7. The summed E-state index contributed by atoms with van der Waals surface area (Å²) in [7, 11) is 1.38. The molecule has 0 bridgehead atoms. The van der Waals surface area contributed by atoms with Crippen LogP contribution in [0.4, 0.5) is 5.69 Å². The molecule has 1 aromatic rings. The number of hydrogen-bond acceptors (Lipinski definition) is 4. The van der Waals surface area contributed by atoms with Gasteiger partial charge >= 0.3 is 0 Å². The van der Waals surface area contributed by atoms with Gasteiger partial charge in [0.1, 0.15) is 6.61 Å². The molecule has 0 saturated carbocycles. The summed E-state index contributed by atoms with van der Waals surface area (Å²) < 4.78 is 4.69. The molecule has 5 nitrogen and oxygen atoms in total. The maximum Gasteiger partial charge on any atom is 0.299 e. The lowest BCUT2D eigenvalue weighted by Crippen LogP contribution is -2.36. The van der Waals surface area contributed by atoms with Crippen molar-refractivity contribution >= 4 is 34.8 Å². The third kappa shape index (κ3) is 2.02. The number of fused-ring (bicyclic) bond motifs is 1. The fourth-order valence-corrected chi connectivity index (χ4v) is 2.12. The van der Waals surface area contributed by atoms with Gasteiger partial charge in [0.05, 0.1) is 22.8 Å². The largest absolute Gasteiger partial charge is 0.377 e. The number of benzene rings is 1. The van der Waals surface area contributed by atoms with Gasteiger partial charge in [-0.1, -0.05) is 17.7 Å². The predicted molar refractivity (Wildman–Crippen MR) is 65.0 cm³/mol. The van der Waals surface area contributed by atoms with E-state index in [9.17, 15) is 14.4 Å². The van der Waals surface area contributed by atoms with Gasteiger partial charge in [-0.05, 0) is 12.1 Å². The quantitative estimate of drug-likeness (QED) is 0.766. The van der Waals surface area contributed by atoms with Gasteiger partial charge in [-0.2, -0.15) is 0 Å². The van der Waals surface area contributed by atoms with Crippen LogP contribution in [0.2, 0.25) is 5.02 Å². The van der Waals surface area contributed by atoms with Crippen LogP contribution in [0.25, 0.3) is 0 Å². The second-order valence-corrected chi connectivity index (χ2v) is 4.24. The van der Waals surface area contributed by atoms with Gasteiger partial charge < -0.3 is 4.74 Å². The summed E-state index contributed by atoms with van der Waals surface area (Å²) in [6, 6.07) is 4.68. The second-order valence-electron chi connectivity index (χ2n) is 3.83. The van der Waals surface area contributed by atoms with E-state index in [2.05, 4.69) is 4.74 Å². The molecule has 0 unspecified atom stereocenters. The zero-order chi connectivity index (χ0) is 13.3. The summed E-state index contributed by atoms with van der Waals surface area (Å²) in [6.45, 7) is -0.326. The van der Waals surface area contributed by atoms with E-state index in [1.807, 2.05) is 0 Å². The second kappa shape index (κ2) is 4.88. The molecule has 6 heteroatoms. The minimum absolute atomic E-state index is 0.113. The number of ketones is 2. The number of hydrogen-bond donors (Lipinski definition) is 0. The van der Waals surface area contributed by atoms with Crippen LogP contribution < -0.4 is 4.90 Å². The van der Waals surface area contributed by atoms with Crippen molar-refractivity contribution in [1.82, 2.24) is 0 Å². The average Bonchev–Trinajstić information content (AvgIpc) is 2.56. The van der Waals surface area contributed by atoms with Gasteiger partial charge in [-0.15, -0.1) is 0 Å². The first-order valence-electron chi connectivity index (χ1n) is 5.21. The summed E-state index contributed by atoms with van der Waals surface area (Å²) in [4.78, 5) is 36.1. The van der Waals surface area contributed by atoms with Crippen LogP contribution in [0, 0.1) is 0 Å². The lowest BCUT2D eigenvalue weighted by atomic mass is 10.1. The molecule has 0 fully saturated rings. The highest BCUT2D eigenvalue weighted by molar-refractivity contribution is 6.54. The van der Waals surface area contributed by atoms with Crippen LogP contribution in [0.15, 0.2) is 18.2 Å². The van der Waals surface area contributed by atoms with Crippen LogP contribution in [-0.4, -0.2) is 37.7 Å². The molecule has 1 aromatic carbocycles. The molecule has 0 radical (unpaired) electrons. The summed E-state index contributed by atoms with van der Waals surface area (Å²) in [6.07, 6.45) is 0. The highest BCUT2D eigenvalue weighted by atomic mass is 35.5. The predicted octanol–water partition coefficient (Wildman–Crippen LogP) is 1.08. The Morgan fingerprint density at radius 2 is 2.11 bits per heavy atom. The van der Waals surface area contributed by atoms with Crippen LogP contribution in [0.5, 0.6) is 0 Å². The Bertz CT molecular complexity index is 541. The molecular weight excluding hydrogens is 258 g/mol. The van der Waals surface area contributed by atoms with Crippen LogP contribution in [0.1, 0.15) is 10.4 Å². The van der Waals surface area contributed by atoms with E-state index in [4.69, 9.17) is 11.6 Å². The number of rotatable bonds is 4. The van der Waals surface area contributed by atoms with E-state index in [0.29, 0.717) is 5.69 Å². The van der Waals surface area contributed by atoms with E-state index >= 15 is 0 Å². The highest BCUT2D eigenvalue weighted by Gasteiger charge is 2.38. The number of ether oxygens (including phenoxy) is 1. The van der Waals surface area contributed by atoms with Crippen LogP contribution >= 0.6 is 11.6 Å². The van der Waals surface area contributed by atoms with Crippen molar-refractivity contribution in [2.24, 2.45) is 0 Å². The zero-order valence-electron chi connectivity index (χ0n) is 9.60. The van der Waals surface area contributed by atoms with Gasteiger partial charge in [-0.3, -0.25) is 19.3 Å². The Morgan fingerprint density at radius 1 is 1.39 bits per heavy atom. The molecule has 0 aliphatic carbocycles. The molecule has 0 atom stereocenters. The molecular formula is C12H10ClNO4. The first-order chi connectivity index (χ1) is 8.56. The number of amides is 1. The van der Waals surface area contributed by atoms with Crippen molar-refractivity contribution in [1.29, 1.82) is 0 Å². The standard InChI is InChI=1S/C12H10ClNO4/c1-18-6-7(15)5-14-10-8(11(16)12(14)17)3-2-4-9(10)13/h2-4H,5-6H2,1H3. The Labute approximate surface area is 108 Å². The minimum atomic E-state index is -0.734. The van der Waals surface area contributed by atoms with E-state index in [1.165, 1.54) is 13.2 Å². The van der Waals surface area contributed by atoms with Gasteiger partial charge in [0.2, 0.25) is 0 Å². The van der Waals surface area contributed by atoms with Crippen LogP contribution in [-0.2, 0) is 14.3 Å². The number of nitrogens with zero attached hydrogens (tertiary/aromatic N) is 1. The Hall–Kier alpha value is -1.72. The molecule has 0 spiro atoms. The summed E-state index contributed by atoms with van der Waals surface area (Å²) in [5.74, 6) is -1.67. The Balaban J connectivity index is 2.36. The Kier molecular flexibility index (Phi) is 3.45. The molecule has 94 valence electrons. The van der Waals surface area contributed by atoms with Crippen LogP contribution in [0.3, 0.4) is 0 Å². The molecule has 0 aromatic heterocycles. The van der Waals surface area contributed by atoms with E-state index in [0.717, 1.165) is 4.90 Å². The minimum Gasteiger partial charge on any atom is -0.377 e. The molecule has 1 amide bonds. The highest BCUT2D eigenvalue weighted by Crippen LogP contribution is 2.35. The Morgan fingerprint density at radius 3 is 2.78 bits per heavy atom. The maximum atomic E-state index is 11.8. The lowest BCUT2D eigenvalue weighted by Gasteiger charge is -2.16. The number of para-hydroxylation sites is 1. The van der Waals surface area contributed by atoms with Crippen molar-refractivity contribution in [3.8, 4) is 0 Å². The lowest BCUT2D eigenvalue weighted by molar-refractivity contribution is -0.123. The fourth-order valence-electron chi connectivity index (χ4n) is 1.85. The maximum absolute atomic E-state index is 11.8. The van der Waals surface area contributed by atoms with Gasteiger partial charge in [0.15, 0.2) is 5.78 Å². The average molecular weight is 268 g/mol. The van der Waals surface area contributed by atoms with Crippen molar-refractivity contribution in [3.05, 3.63) is 28.8 Å². The summed E-state index contributed by atoms with van der Waals surface area (Å²) >= 11 is 5.97. The van der Waals surface area contributed by atoms with Crippen molar-refractivity contribution in [2.75, 3.05) is 25.2 Å². The summed E-state index contributed by atoms with van der Waals surface area (Å²) in [5.41, 5.74) is 0.538. The molecule has 0 saturated heterocycles. The summed E-state index contributed by atoms with van der Waals surface area (Å²) in [5, 5.41) is 0.275. The number of anilines is 1. The first-order valence-corrected chi connectivity index (χ1v) is 5.59. The van der Waals surface area contributed by atoms with Crippen molar-refractivity contribution in [2.45, 2.75) is 0 Å². The monoisotopic (exact) mass is 267 g/mol. The van der Waals surface area contributed by atoms with Crippen molar-refractivity contribution in [3.63, 3.8) is 0 Å². The van der Waals surface area contributed by atoms with E-state index < -0.39 is 11.7 Å². The molecule has 1 aliphatic heterocycles. The van der Waals surface area contributed by atoms with Crippen molar-refractivity contribution < 1.29 is 19.1 Å². The fraction of sp³-hybridized carbons (Fsp3) is 0.250. The number of halogens is 1. The number of carbonyl (C=O) groups excluding carboxylic acids is 3. The SMILES string of the molecule is COCC(=O)CN1C(=O)C(=O)c2cccc(Cl)c21. The molecule has 1 heterocycles. The number of carbonyl (C=O) groups is 3. The van der Waals surface area contributed by atoms with Gasteiger partial charge in [0.25, 0.3) is 11.7 Å². The molecule has 0 N–H and O–H groups in total. The topological polar surface area (TPSA) is 63.7 Å². The van der Waals surface area contributed by atoms with E-state index in [1.54, 1.807) is 12.1 Å². The number of methoxy groups -OCH3 is 1. The smallest absolute Gasteiger partial charge is 0.299 e. The molecule has 2 rings (SSSR count). The third-order valence-corrected chi connectivity index (χ3v) is 2.89. The zero-order valence-corrected chi connectivity index (χ0v) is 10.4.